The van der Waals surface area contributed by atoms with Crippen molar-refractivity contribution in [3.8, 4) is 10.0 Å². The van der Waals surface area contributed by atoms with Crippen molar-refractivity contribution < 1.29 is 0 Å². The molecular formula is C18H24N10S2. The summed E-state index contributed by atoms with van der Waals surface area (Å²) < 4.78 is 3.76. The Morgan fingerprint density at radius 1 is 0.567 bits per heavy atom. The van der Waals surface area contributed by atoms with Crippen LogP contribution in [0.2, 0.25) is 0 Å². The Morgan fingerprint density at radius 2 is 1.00 bits per heavy atom. The second-order valence-electron chi connectivity index (χ2n) is 8.11. The van der Waals surface area contributed by atoms with E-state index < -0.39 is 0 Å². The zero-order chi connectivity index (χ0) is 19.9. The third-order valence-electron chi connectivity index (χ3n) is 5.92. The molecule has 4 aromatic rings. The second kappa shape index (κ2) is 7.91. The third-order valence-corrected chi connectivity index (χ3v) is 7.86. The van der Waals surface area contributed by atoms with Gasteiger partial charge in [0, 0.05) is 0 Å². The van der Waals surface area contributed by atoms with Crippen LogP contribution in [0, 0.1) is 0 Å². The van der Waals surface area contributed by atoms with Gasteiger partial charge >= 0.3 is 0 Å². The van der Waals surface area contributed by atoms with Gasteiger partial charge in [-0.1, -0.05) is 35.5 Å². The molecule has 0 aliphatic carbocycles. The third kappa shape index (κ3) is 3.51. The maximum atomic E-state index is 4.79. The number of piperidine rings is 2. The maximum Gasteiger partial charge on any atom is 0.235 e. The van der Waals surface area contributed by atoms with Gasteiger partial charge in [-0.3, -0.25) is 9.80 Å². The van der Waals surface area contributed by atoms with E-state index in [1.54, 1.807) is 0 Å². The van der Waals surface area contributed by atoms with E-state index in [0.717, 1.165) is 70.9 Å². The van der Waals surface area contributed by atoms with Crippen molar-refractivity contribution in [2.24, 2.45) is 0 Å². The molecule has 0 unspecified atom stereocenters. The molecule has 10 nitrogen and oxygen atoms in total. The molecule has 0 radical (unpaired) electrons. The minimum absolute atomic E-state index is 0.801. The van der Waals surface area contributed by atoms with Gasteiger partial charge in [-0.05, 0) is 51.9 Å². The van der Waals surface area contributed by atoms with Gasteiger partial charge in [0.25, 0.3) is 0 Å². The van der Waals surface area contributed by atoms with Gasteiger partial charge in [-0.15, -0.1) is 20.4 Å². The van der Waals surface area contributed by atoms with E-state index in [1.165, 1.54) is 61.2 Å². The van der Waals surface area contributed by atoms with E-state index in [0.29, 0.717) is 0 Å². The summed E-state index contributed by atoms with van der Waals surface area (Å²) in [6.45, 7) is 6.11. The first-order chi connectivity index (χ1) is 14.8. The fraction of sp³-hybridized carbons (Fsp3) is 0.667. The molecule has 6 heterocycles. The molecule has 0 amide bonds. The number of likely N-dealkylation sites (tertiary alicyclic amines) is 2. The van der Waals surface area contributed by atoms with Crippen LogP contribution in [0.3, 0.4) is 0 Å². The topological polar surface area (TPSA) is 92.6 Å². The van der Waals surface area contributed by atoms with Crippen LogP contribution in [0.1, 0.15) is 50.2 Å². The highest BCUT2D eigenvalue weighted by atomic mass is 32.1. The minimum atomic E-state index is 0.801. The predicted molar refractivity (Wildman–Crippen MR) is 115 cm³/mol. The lowest BCUT2D eigenvalue weighted by Gasteiger charge is -2.25. The maximum absolute atomic E-state index is 4.79. The number of nitrogens with zero attached hydrogens (tertiary/aromatic N) is 10. The molecule has 0 bridgehead atoms. The van der Waals surface area contributed by atoms with Crippen molar-refractivity contribution in [2.45, 2.75) is 51.6 Å². The first-order valence-electron chi connectivity index (χ1n) is 10.7. The minimum Gasteiger partial charge on any atom is -0.296 e. The van der Waals surface area contributed by atoms with Crippen LogP contribution >= 0.6 is 22.7 Å². The quantitative estimate of drug-likeness (QED) is 0.463. The fourth-order valence-corrected chi connectivity index (χ4v) is 6.05. The van der Waals surface area contributed by atoms with E-state index in [1.807, 2.05) is 9.03 Å². The summed E-state index contributed by atoms with van der Waals surface area (Å²) in [7, 11) is 0. The molecule has 12 heteroatoms. The van der Waals surface area contributed by atoms with Gasteiger partial charge in [0.15, 0.2) is 21.7 Å². The second-order valence-corrected chi connectivity index (χ2v) is 10.0. The SMILES string of the molecule is C1CCN(Cc2nnc3sc(-c4nn5c(CN6CCCCC6)nnc5s4)nn23)CC1. The summed E-state index contributed by atoms with van der Waals surface area (Å²) in [6, 6.07) is 0. The molecule has 2 aliphatic rings. The predicted octanol–water partition coefficient (Wildman–Crippen LogP) is 2.32. The van der Waals surface area contributed by atoms with Crippen LogP contribution in [0.25, 0.3) is 19.9 Å². The Balaban J connectivity index is 1.25. The number of hydrogen-bond donors (Lipinski definition) is 0. The van der Waals surface area contributed by atoms with Crippen molar-refractivity contribution in [3.63, 3.8) is 0 Å². The molecule has 6 rings (SSSR count). The highest BCUT2D eigenvalue weighted by Gasteiger charge is 2.21. The number of rotatable bonds is 5. The Kier molecular flexibility index (Phi) is 4.94. The van der Waals surface area contributed by atoms with Crippen molar-refractivity contribution in [1.82, 2.24) is 49.4 Å². The van der Waals surface area contributed by atoms with E-state index in [2.05, 4.69) is 30.2 Å². The normalized spacial score (nSPS) is 19.3. The molecule has 2 aliphatic heterocycles. The largest absolute Gasteiger partial charge is 0.296 e. The molecule has 30 heavy (non-hydrogen) atoms. The Morgan fingerprint density at radius 3 is 1.43 bits per heavy atom. The van der Waals surface area contributed by atoms with Gasteiger partial charge in [0.05, 0.1) is 13.1 Å². The van der Waals surface area contributed by atoms with Gasteiger partial charge in [0.2, 0.25) is 9.92 Å². The lowest BCUT2D eigenvalue weighted by Crippen LogP contribution is -2.30. The molecule has 0 N–H and O–H groups in total. The average Bonchev–Trinajstić information content (AvgIpc) is 3.53. The molecular weight excluding hydrogens is 420 g/mol. The van der Waals surface area contributed by atoms with E-state index >= 15 is 0 Å². The smallest absolute Gasteiger partial charge is 0.235 e. The van der Waals surface area contributed by atoms with Gasteiger partial charge in [0.1, 0.15) is 0 Å². The molecule has 158 valence electrons. The van der Waals surface area contributed by atoms with Crippen LogP contribution < -0.4 is 0 Å². The molecule has 0 atom stereocenters. The summed E-state index contributed by atoms with van der Waals surface area (Å²) in [5.41, 5.74) is 0. The fourth-order valence-electron chi connectivity index (χ4n) is 4.32. The van der Waals surface area contributed by atoms with E-state index in [-0.39, 0.29) is 0 Å². The number of fused-ring (bicyclic) bond motifs is 2. The number of aromatic nitrogens is 8. The summed E-state index contributed by atoms with van der Waals surface area (Å²) in [5, 5.41) is 28.7. The van der Waals surface area contributed by atoms with Crippen molar-refractivity contribution in [1.29, 1.82) is 0 Å². The van der Waals surface area contributed by atoms with Crippen LogP contribution in [0.15, 0.2) is 0 Å². The Hall–Kier alpha value is -2.02. The summed E-state index contributed by atoms with van der Waals surface area (Å²) >= 11 is 3.06. The van der Waals surface area contributed by atoms with Crippen LogP contribution in [-0.2, 0) is 13.1 Å². The van der Waals surface area contributed by atoms with Crippen LogP contribution in [0.4, 0.5) is 0 Å². The first kappa shape index (κ1) is 18.7. The molecule has 0 aromatic carbocycles. The highest BCUT2D eigenvalue weighted by Crippen LogP contribution is 2.30. The standard InChI is InChI=1S/C18H24N10S2/c1-3-7-25(8-4-1)11-13-19-21-17-27(13)23-15(29-17)16-24-28-14(20-22-18(28)30-16)12-26-9-5-2-6-10-26/h1-12H2. The lowest BCUT2D eigenvalue weighted by atomic mass is 10.1. The van der Waals surface area contributed by atoms with Crippen LogP contribution in [0.5, 0.6) is 0 Å². The average molecular weight is 445 g/mol. The van der Waals surface area contributed by atoms with Crippen molar-refractivity contribution in [2.75, 3.05) is 26.2 Å². The zero-order valence-corrected chi connectivity index (χ0v) is 18.4. The van der Waals surface area contributed by atoms with Crippen molar-refractivity contribution >= 4 is 32.6 Å². The first-order valence-corrected chi connectivity index (χ1v) is 12.3. The zero-order valence-electron chi connectivity index (χ0n) is 16.8. The summed E-state index contributed by atoms with van der Waals surface area (Å²) in [6.07, 6.45) is 7.70. The van der Waals surface area contributed by atoms with Gasteiger partial charge in [-0.25, -0.2) is 0 Å². The monoisotopic (exact) mass is 444 g/mol. The summed E-state index contributed by atoms with van der Waals surface area (Å²) in [4.78, 5) is 6.51. The molecule has 0 saturated carbocycles. The van der Waals surface area contributed by atoms with Gasteiger partial charge < -0.3 is 0 Å². The van der Waals surface area contributed by atoms with Gasteiger partial charge in [-0.2, -0.15) is 19.2 Å². The Bertz CT molecular complexity index is 1050. The van der Waals surface area contributed by atoms with Crippen LogP contribution in [-0.4, -0.2) is 75.6 Å². The molecule has 0 spiro atoms. The molecule has 2 fully saturated rings. The van der Waals surface area contributed by atoms with E-state index in [9.17, 15) is 0 Å². The van der Waals surface area contributed by atoms with E-state index in [4.69, 9.17) is 10.2 Å². The molecule has 2 saturated heterocycles. The van der Waals surface area contributed by atoms with Crippen molar-refractivity contribution in [3.05, 3.63) is 11.6 Å². The highest BCUT2D eigenvalue weighted by molar-refractivity contribution is 7.26. The summed E-state index contributed by atoms with van der Waals surface area (Å²) in [5.74, 6) is 1.81. The lowest BCUT2D eigenvalue weighted by molar-refractivity contribution is 0.214. The number of hydrogen-bond acceptors (Lipinski definition) is 10. The molecule has 4 aromatic heterocycles. The Labute approximate surface area is 181 Å².